The Hall–Kier alpha value is -3.01. The molecule has 77 heavy (non-hydrogen) atoms. The molecule has 0 bridgehead atoms. The van der Waals surface area contributed by atoms with Crippen LogP contribution < -0.4 is 5.11 Å². The van der Waals surface area contributed by atoms with Crippen molar-refractivity contribution in [3.05, 3.63) is 60.8 Å². The molecule has 0 fully saturated rings. The van der Waals surface area contributed by atoms with Gasteiger partial charge in [0, 0.05) is 12.8 Å². The van der Waals surface area contributed by atoms with Crippen LogP contribution >= 0.6 is 0 Å². The molecule has 2 unspecified atom stereocenters. The predicted molar refractivity (Wildman–Crippen MR) is 325 cm³/mol. The van der Waals surface area contributed by atoms with Crippen LogP contribution in [0.1, 0.15) is 296 Å². The molecule has 9 nitrogen and oxygen atoms in total. The number of carbonyl (C=O) groups is 3. The molecule has 0 aliphatic carbocycles. The largest absolute Gasteiger partial charge is 0.545 e. The Morgan fingerprint density at radius 2 is 0.740 bits per heavy atom. The minimum atomic E-state index is -1.62. The third kappa shape index (κ3) is 60.5. The van der Waals surface area contributed by atoms with Gasteiger partial charge in [0.1, 0.15) is 13.2 Å². The van der Waals surface area contributed by atoms with Crippen molar-refractivity contribution in [3.8, 4) is 0 Å². The van der Waals surface area contributed by atoms with E-state index in [1.165, 1.54) is 180 Å². The molecular weight excluding hydrogens is 959 g/mol. The third-order valence-electron chi connectivity index (χ3n) is 14.2. The van der Waals surface area contributed by atoms with Crippen LogP contribution in [0.4, 0.5) is 0 Å². The summed E-state index contributed by atoms with van der Waals surface area (Å²) in [5.41, 5.74) is 0. The zero-order valence-electron chi connectivity index (χ0n) is 51.1. The van der Waals surface area contributed by atoms with E-state index in [0.717, 1.165) is 83.5 Å². The second-order valence-electron chi connectivity index (χ2n) is 23.0. The number of allylic oxidation sites excluding steroid dienone is 10. The van der Waals surface area contributed by atoms with Gasteiger partial charge in [-0.1, -0.05) is 274 Å². The average molecular weight is 1080 g/mol. The first-order chi connectivity index (χ1) is 37.6. The first-order valence-electron chi connectivity index (χ1n) is 32.4. The number of nitrogens with zero attached hydrogens (tertiary/aromatic N) is 1. The van der Waals surface area contributed by atoms with Crippen molar-refractivity contribution in [2.45, 2.75) is 309 Å². The number of esters is 2. The van der Waals surface area contributed by atoms with Crippen molar-refractivity contribution < 1.29 is 42.9 Å². The summed E-state index contributed by atoms with van der Waals surface area (Å²) in [5, 5.41) is 11.8. The Balaban J connectivity index is 3.86. The molecule has 0 saturated heterocycles. The molecule has 448 valence electrons. The highest BCUT2D eigenvalue weighted by molar-refractivity contribution is 5.70. The Kier molecular flexibility index (Phi) is 56.8. The molecule has 0 aromatic heterocycles. The number of carboxylic acids is 1. The van der Waals surface area contributed by atoms with Gasteiger partial charge >= 0.3 is 11.9 Å². The molecule has 2 atom stereocenters. The lowest BCUT2D eigenvalue weighted by molar-refractivity contribution is -0.870. The van der Waals surface area contributed by atoms with Crippen LogP contribution in [0.25, 0.3) is 0 Å². The van der Waals surface area contributed by atoms with Gasteiger partial charge in [-0.2, -0.15) is 0 Å². The fraction of sp³-hybridized carbons (Fsp3) is 0.809. The molecule has 0 spiro atoms. The first-order valence-corrected chi connectivity index (χ1v) is 32.4. The Morgan fingerprint density at radius 1 is 0.403 bits per heavy atom. The molecule has 0 heterocycles. The van der Waals surface area contributed by atoms with Crippen LogP contribution in [0.15, 0.2) is 60.8 Å². The molecular formula is C68H123NO8. The van der Waals surface area contributed by atoms with Gasteiger partial charge in [-0.25, -0.2) is 0 Å². The number of rotatable bonds is 60. The highest BCUT2D eigenvalue weighted by Crippen LogP contribution is 2.18. The Morgan fingerprint density at radius 3 is 1.12 bits per heavy atom. The summed E-state index contributed by atoms with van der Waals surface area (Å²) in [6, 6.07) is 0. The van der Waals surface area contributed by atoms with Crippen molar-refractivity contribution in [2.24, 2.45) is 0 Å². The number of likely N-dealkylation sites (N-methyl/N-ethyl adjacent to an activating group) is 1. The number of hydrogen-bond acceptors (Lipinski definition) is 8. The maximum Gasteiger partial charge on any atom is 0.306 e. The minimum absolute atomic E-state index is 0.148. The zero-order chi connectivity index (χ0) is 56.2. The third-order valence-corrected chi connectivity index (χ3v) is 14.2. The van der Waals surface area contributed by atoms with E-state index in [2.05, 4.69) is 74.6 Å². The van der Waals surface area contributed by atoms with Crippen molar-refractivity contribution in [2.75, 3.05) is 47.5 Å². The number of ether oxygens (including phenoxy) is 4. The molecule has 0 aromatic rings. The fourth-order valence-corrected chi connectivity index (χ4v) is 9.28. The second-order valence-corrected chi connectivity index (χ2v) is 23.0. The summed E-state index contributed by atoms with van der Waals surface area (Å²) in [5.74, 6) is -2.28. The van der Waals surface area contributed by atoms with Crippen molar-refractivity contribution in [1.29, 1.82) is 0 Å². The van der Waals surface area contributed by atoms with E-state index in [-0.39, 0.29) is 38.6 Å². The number of aliphatic carboxylic acids is 1. The van der Waals surface area contributed by atoms with Crippen molar-refractivity contribution in [3.63, 3.8) is 0 Å². The highest BCUT2D eigenvalue weighted by atomic mass is 16.7. The second kappa shape index (κ2) is 59.1. The molecule has 0 aliphatic rings. The summed E-state index contributed by atoms with van der Waals surface area (Å²) >= 11 is 0. The standard InChI is InChI=1S/C68H123NO8/c1-6-8-10-12-14-16-18-19-20-21-22-23-24-25-26-27-28-29-30-31-32-33-34-35-36-37-38-39-40-41-42-43-44-45-46-47-49-51-53-55-57-59-66(71)77-64(63-76-68(67(72)73)74-61-60-69(3,4)5)62-75-65(70)58-56-54-52-50-48-17-15-13-11-9-7-2/h8,10,13-16,19-20,22-23,64,68H,6-7,9,11-12,17-18,21,24-63H2,1-5H3/b10-8-,15-13-,16-14-,20-19-,23-22-. The van der Waals surface area contributed by atoms with Gasteiger partial charge in [0.15, 0.2) is 12.4 Å². The Bertz CT molecular complexity index is 1450. The normalized spacial score (nSPS) is 13.1. The number of carbonyl (C=O) groups excluding carboxylic acids is 3. The lowest BCUT2D eigenvalue weighted by Gasteiger charge is -2.26. The molecule has 0 amide bonds. The van der Waals surface area contributed by atoms with Crippen LogP contribution in [0.5, 0.6) is 0 Å². The van der Waals surface area contributed by atoms with E-state index >= 15 is 0 Å². The van der Waals surface area contributed by atoms with Gasteiger partial charge in [-0.05, 0) is 70.6 Å². The Labute approximate surface area is 475 Å². The lowest BCUT2D eigenvalue weighted by atomic mass is 10.0. The minimum Gasteiger partial charge on any atom is -0.545 e. The van der Waals surface area contributed by atoms with Crippen LogP contribution in [0, 0.1) is 0 Å². The van der Waals surface area contributed by atoms with Gasteiger partial charge in [-0.15, -0.1) is 0 Å². The van der Waals surface area contributed by atoms with E-state index in [4.69, 9.17) is 18.9 Å². The molecule has 0 aromatic carbocycles. The monoisotopic (exact) mass is 1080 g/mol. The van der Waals surface area contributed by atoms with Gasteiger partial charge in [-0.3, -0.25) is 9.59 Å². The van der Waals surface area contributed by atoms with Gasteiger partial charge in [0.25, 0.3) is 0 Å². The van der Waals surface area contributed by atoms with Gasteiger partial charge < -0.3 is 33.3 Å². The smallest absolute Gasteiger partial charge is 0.306 e. The highest BCUT2D eigenvalue weighted by Gasteiger charge is 2.22. The van der Waals surface area contributed by atoms with Crippen LogP contribution in [-0.2, 0) is 33.3 Å². The van der Waals surface area contributed by atoms with E-state index in [9.17, 15) is 19.5 Å². The van der Waals surface area contributed by atoms with Gasteiger partial charge in [0.2, 0.25) is 0 Å². The quantitative estimate of drug-likeness (QED) is 0.0195. The molecule has 0 saturated carbocycles. The molecule has 0 aliphatic heterocycles. The molecule has 0 rings (SSSR count). The summed E-state index contributed by atoms with van der Waals surface area (Å²) in [6.45, 7) is 4.61. The summed E-state index contributed by atoms with van der Waals surface area (Å²) in [4.78, 5) is 37.2. The van der Waals surface area contributed by atoms with E-state index in [1.54, 1.807) is 0 Å². The zero-order valence-corrected chi connectivity index (χ0v) is 51.1. The summed E-state index contributed by atoms with van der Waals surface area (Å²) < 4.78 is 22.7. The summed E-state index contributed by atoms with van der Waals surface area (Å²) in [6.07, 6.45) is 73.3. The predicted octanol–water partition coefficient (Wildman–Crippen LogP) is 18.2. The van der Waals surface area contributed by atoms with E-state index in [0.29, 0.717) is 17.4 Å². The first kappa shape index (κ1) is 74.0. The number of unbranched alkanes of at least 4 members (excludes halogenated alkanes) is 35. The molecule has 9 heteroatoms. The van der Waals surface area contributed by atoms with Gasteiger partial charge in [0.05, 0.1) is 40.3 Å². The fourth-order valence-electron chi connectivity index (χ4n) is 9.28. The number of carboxylic acid groups (broad SMARTS) is 1. The maximum atomic E-state index is 12.9. The number of hydrogen-bond donors (Lipinski definition) is 0. The molecule has 0 radical (unpaired) electrons. The van der Waals surface area contributed by atoms with E-state index < -0.39 is 24.3 Å². The van der Waals surface area contributed by atoms with Crippen molar-refractivity contribution in [1.82, 2.24) is 0 Å². The average Bonchev–Trinajstić information content (AvgIpc) is 3.40. The van der Waals surface area contributed by atoms with Crippen molar-refractivity contribution >= 4 is 17.9 Å². The topological polar surface area (TPSA) is 111 Å². The van der Waals surface area contributed by atoms with Crippen LogP contribution in [-0.4, -0.2) is 82.3 Å². The summed E-state index contributed by atoms with van der Waals surface area (Å²) in [7, 11) is 5.92. The van der Waals surface area contributed by atoms with Crippen LogP contribution in [0.2, 0.25) is 0 Å². The lowest BCUT2D eigenvalue weighted by Crippen LogP contribution is -2.44. The number of quaternary nitrogens is 1. The maximum absolute atomic E-state index is 12.9. The molecule has 0 N–H and O–H groups in total. The SMILES string of the molecule is CC/C=C\C/C=C\C/C=C\C/C=C\CCCCCCCCCCCCCCCCCCCCCCCCCCCCCCC(=O)OC(COC(=O)CCCCCCC/C=C\CCCC)COC(OCC[N+](C)(C)C)C(=O)[O-]. The van der Waals surface area contributed by atoms with E-state index in [1.807, 2.05) is 21.1 Å². The van der Waals surface area contributed by atoms with Crippen LogP contribution in [0.3, 0.4) is 0 Å².